The molecule has 2 rings (SSSR count). The summed E-state index contributed by atoms with van der Waals surface area (Å²) in [6, 6.07) is 5.89. The number of aryl methyl sites for hydroxylation is 2. The van der Waals surface area contributed by atoms with Gasteiger partial charge in [-0.15, -0.1) is 0 Å². The summed E-state index contributed by atoms with van der Waals surface area (Å²) < 4.78 is 10.8. The minimum atomic E-state index is -0.241. The van der Waals surface area contributed by atoms with Crippen LogP contribution in [-0.4, -0.2) is 47.7 Å². The molecule has 0 fully saturated rings. The molecule has 1 aromatic carbocycles. The molecule has 0 unspecified atom stereocenters. The average molecular weight is 346 g/mol. The molecule has 0 aliphatic carbocycles. The van der Waals surface area contributed by atoms with E-state index in [9.17, 15) is 4.79 Å². The second-order valence-electron chi connectivity index (χ2n) is 5.31. The standard InChI is InChI=1S/C16H22N6O3/c1-10-4-5-12(11(2)8-10)25-9-13(23)19-6-7-24-16-21-14(17)20-15(18-3)22-16/h4-5,8H,6-7,9H2,1-3H3,(H,19,23)(H3,17,18,20,21,22). The molecule has 2 aromatic rings. The number of anilines is 2. The first-order valence-corrected chi connectivity index (χ1v) is 7.77. The maximum Gasteiger partial charge on any atom is 0.323 e. The Morgan fingerprint density at radius 1 is 1.20 bits per heavy atom. The molecule has 0 spiro atoms. The quantitative estimate of drug-likeness (QED) is 0.596. The molecule has 1 amide bonds. The van der Waals surface area contributed by atoms with Gasteiger partial charge in [-0.25, -0.2) is 0 Å². The van der Waals surface area contributed by atoms with Gasteiger partial charge in [0.1, 0.15) is 12.4 Å². The van der Waals surface area contributed by atoms with Crippen LogP contribution in [0, 0.1) is 13.8 Å². The summed E-state index contributed by atoms with van der Waals surface area (Å²) in [7, 11) is 1.66. The second kappa shape index (κ2) is 8.67. The molecular weight excluding hydrogens is 324 g/mol. The van der Waals surface area contributed by atoms with Crippen LogP contribution in [0.15, 0.2) is 18.2 Å². The molecule has 0 saturated carbocycles. The van der Waals surface area contributed by atoms with Crippen molar-refractivity contribution in [2.24, 2.45) is 0 Å². The fourth-order valence-electron chi connectivity index (χ4n) is 2.04. The van der Waals surface area contributed by atoms with Crippen LogP contribution in [-0.2, 0) is 4.79 Å². The Morgan fingerprint density at radius 3 is 2.72 bits per heavy atom. The third-order valence-electron chi connectivity index (χ3n) is 3.20. The number of carbonyl (C=O) groups is 1. The van der Waals surface area contributed by atoms with Crippen LogP contribution in [0.4, 0.5) is 11.9 Å². The Morgan fingerprint density at radius 2 is 2.00 bits per heavy atom. The number of hydrogen-bond acceptors (Lipinski definition) is 8. The van der Waals surface area contributed by atoms with Gasteiger partial charge in [-0.05, 0) is 25.5 Å². The fraction of sp³-hybridized carbons (Fsp3) is 0.375. The van der Waals surface area contributed by atoms with Gasteiger partial charge in [0.15, 0.2) is 6.61 Å². The molecule has 0 saturated heterocycles. The van der Waals surface area contributed by atoms with Crippen LogP contribution in [0.1, 0.15) is 11.1 Å². The highest BCUT2D eigenvalue weighted by molar-refractivity contribution is 5.77. The number of rotatable bonds is 8. The van der Waals surface area contributed by atoms with Crippen molar-refractivity contribution in [1.29, 1.82) is 0 Å². The number of nitrogens with one attached hydrogen (secondary N) is 2. The highest BCUT2D eigenvalue weighted by Gasteiger charge is 2.06. The van der Waals surface area contributed by atoms with E-state index >= 15 is 0 Å². The van der Waals surface area contributed by atoms with E-state index in [1.54, 1.807) is 7.05 Å². The zero-order chi connectivity index (χ0) is 18.2. The lowest BCUT2D eigenvalue weighted by molar-refractivity contribution is -0.123. The Bertz CT molecular complexity index is 738. The van der Waals surface area contributed by atoms with Crippen molar-refractivity contribution in [3.05, 3.63) is 29.3 Å². The molecule has 0 radical (unpaired) electrons. The third kappa shape index (κ3) is 5.79. The molecule has 0 atom stereocenters. The molecule has 0 aliphatic rings. The Balaban J connectivity index is 1.71. The summed E-state index contributed by atoms with van der Waals surface area (Å²) in [6.45, 7) is 4.36. The van der Waals surface area contributed by atoms with E-state index in [1.165, 1.54) is 0 Å². The molecule has 4 N–H and O–H groups in total. The molecule has 9 heteroatoms. The van der Waals surface area contributed by atoms with Gasteiger partial charge in [0.25, 0.3) is 5.91 Å². The lowest BCUT2D eigenvalue weighted by Gasteiger charge is -2.10. The summed E-state index contributed by atoms with van der Waals surface area (Å²) in [5, 5.41) is 5.44. The lowest BCUT2D eigenvalue weighted by atomic mass is 10.1. The maximum atomic E-state index is 11.8. The van der Waals surface area contributed by atoms with Crippen LogP contribution in [0.3, 0.4) is 0 Å². The van der Waals surface area contributed by atoms with Gasteiger partial charge in [0.05, 0.1) is 6.54 Å². The van der Waals surface area contributed by atoms with Crippen molar-refractivity contribution in [2.45, 2.75) is 13.8 Å². The number of ether oxygens (including phenoxy) is 2. The number of nitrogens with two attached hydrogens (primary N) is 1. The van der Waals surface area contributed by atoms with Crippen LogP contribution in [0.5, 0.6) is 11.8 Å². The Labute approximate surface area is 146 Å². The van der Waals surface area contributed by atoms with E-state index in [1.807, 2.05) is 32.0 Å². The van der Waals surface area contributed by atoms with E-state index in [-0.39, 0.29) is 37.6 Å². The SMILES string of the molecule is CNc1nc(N)nc(OCCNC(=O)COc2ccc(C)cc2C)n1. The van der Waals surface area contributed by atoms with Gasteiger partial charge < -0.3 is 25.8 Å². The summed E-state index contributed by atoms with van der Waals surface area (Å²) in [5.41, 5.74) is 7.67. The monoisotopic (exact) mass is 346 g/mol. The molecule has 134 valence electrons. The lowest BCUT2D eigenvalue weighted by Crippen LogP contribution is -2.32. The predicted octanol–water partition coefficient (Wildman–Crippen LogP) is 0.686. The van der Waals surface area contributed by atoms with Crippen molar-refractivity contribution < 1.29 is 14.3 Å². The summed E-state index contributed by atoms with van der Waals surface area (Å²) in [6.07, 6.45) is 0. The van der Waals surface area contributed by atoms with E-state index < -0.39 is 0 Å². The van der Waals surface area contributed by atoms with E-state index in [0.29, 0.717) is 11.7 Å². The molecule has 1 aromatic heterocycles. The summed E-state index contributed by atoms with van der Waals surface area (Å²) in [4.78, 5) is 23.5. The fourth-order valence-corrected chi connectivity index (χ4v) is 2.04. The van der Waals surface area contributed by atoms with Crippen LogP contribution >= 0.6 is 0 Å². The van der Waals surface area contributed by atoms with Crippen molar-refractivity contribution in [2.75, 3.05) is 37.9 Å². The summed E-state index contributed by atoms with van der Waals surface area (Å²) >= 11 is 0. The van der Waals surface area contributed by atoms with Crippen LogP contribution in [0.2, 0.25) is 0 Å². The number of hydrogen-bond donors (Lipinski definition) is 3. The second-order valence-corrected chi connectivity index (χ2v) is 5.31. The molecule has 0 aliphatic heterocycles. The molecule has 0 bridgehead atoms. The Hall–Kier alpha value is -3.10. The number of carbonyl (C=O) groups excluding carboxylic acids is 1. The topological polar surface area (TPSA) is 124 Å². The first-order chi connectivity index (χ1) is 12.0. The molecular formula is C16H22N6O3. The molecule has 25 heavy (non-hydrogen) atoms. The van der Waals surface area contributed by atoms with E-state index in [2.05, 4.69) is 25.6 Å². The van der Waals surface area contributed by atoms with Crippen molar-refractivity contribution in [3.63, 3.8) is 0 Å². The van der Waals surface area contributed by atoms with Gasteiger partial charge in [-0.2, -0.15) is 15.0 Å². The van der Waals surface area contributed by atoms with Crippen LogP contribution < -0.4 is 25.8 Å². The van der Waals surface area contributed by atoms with Crippen molar-refractivity contribution in [1.82, 2.24) is 20.3 Å². The van der Waals surface area contributed by atoms with Crippen LogP contribution in [0.25, 0.3) is 0 Å². The average Bonchev–Trinajstić information content (AvgIpc) is 2.57. The Kier molecular flexibility index (Phi) is 6.33. The number of nitrogens with zero attached hydrogens (tertiary/aromatic N) is 3. The third-order valence-corrected chi connectivity index (χ3v) is 3.20. The molecule has 9 nitrogen and oxygen atoms in total. The maximum absolute atomic E-state index is 11.8. The van der Waals surface area contributed by atoms with Gasteiger partial charge >= 0.3 is 6.01 Å². The van der Waals surface area contributed by atoms with Crippen molar-refractivity contribution >= 4 is 17.8 Å². The molecule has 1 heterocycles. The zero-order valence-electron chi connectivity index (χ0n) is 14.5. The first-order valence-electron chi connectivity index (χ1n) is 7.77. The number of nitrogen functional groups attached to an aromatic ring is 1. The van der Waals surface area contributed by atoms with Gasteiger partial charge in [-0.1, -0.05) is 17.7 Å². The number of amides is 1. The van der Waals surface area contributed by atoms with Crippen molar-refractivity contribution in [3.8, 4) is 11.8 Å². The minimum absolute atomic E-state index is 0.0558. The number of benzene rings is 1. The predicted molar refractivity (Wildman–Crippen MR) is 93.7 cm³/mol. The zero-order valence-corrected chi connectivity index (χ0v) is 14.5. The highest BCUT2D eigenvalue weighted by atomic mass is 16.5. The van der Waals surface area contributed by atoms with Gasteiger partial charge in [0.2, 0.25) is 11.9 Å². The van der Waals surface area contributed by atoms with Gasteiger partial charge in [-0.3, -0.25) is 4.79 Å². The van der Waals surface area contributed by atoms with Gasteiger partial charge in [0, 0.05) is 7.05 Å². The smallest absolute Gasteiger partial charge is 0.323 e. The normalized spacial score (nSPS) is 10.2. The highest BCUT2D eigenvalue weighted by Crippen LogP contribution is 2.18. The largest absolute Gasteiger partial charge is 0.484 e. The number of aromatic nitrogens is 3. The first kappa shape index (κ1) is 18.2. The van der Waals surface area contributed by atoms with E-state index in [4.69, 9.17) is 15.2 Å². The summed E-state index contributed by atoms with van der Waals surface area (Å²) in [5.74, 6) is 0.820. The van der Waals surface area contributed by atoms with E-state index in [0.717, 1.165) is 11.1 Å². The minimum Gasteiger partial charge on any atom is -0.484 e.